The van der Waals surface area contributed by atoms with E-state index in [0.717, 1.165) is 0 Å². The minimum atomic E-state index is -1.38. The van der Waals surface area contributed by atoms with E-state index < -0.39 is 36.8 Å². The fraction of sp³-hybridized carbons (Fsp3) is 0.500. The molecule has 0 aliphatic heterocycles. The van der Waals surface area contributed by atoms with E-state index in [9.17, 15) is 19.2 Å². The van der Waals surface area contributed by atoms with Gasteiger partial charge in [0.15, 0.2) is 6.61 Å². The molecule has 8 heteroatoms. The number of aliphatic carboxylic acids is 1. The van der Waals surface area contributed by atoms with Crippen LogP contribution < -0.4 is 10.6 Å². The molecule has 112 valence electrons. The lowest BCUT2D eigenvalue weighted by molar-refractivity contribution is -0.145. The number of ether oxygens (including phenoxy) is 1. The summed E-state index contributed by atoms with van der Waals surface area (Å²) in [6.45, 7) is 3.59. The fourth-order valence-electron chi connectivity index (χ4n) is 1.24. The van der Waals surface area contributed by atoms with Crippen LogP contribution in [0.4, 0.5) is 0 Å². The molecule has 0 aromatic carbocycles. The quantitative estimate of drug-likeness (QED) is 0.397. The first-order chi connectivity index (χ1) is 9.40. The maximum absolute atomic E-state index is 11.6. The maximum Gasteiger partial charge on any atom is 0.335 e. The number of carbonyl (C=O) groups excluding carboxylic acids is 3. The third kappa shape index (κ3) is 7.85. The smallest absolute Gasteiger partial charge is 0.335 e. The predicted octanol–water partition coefficient (Wildman–Crippen LogP) is -0.797. The van der Waals surface area contributed by atoms with Gasteiger partial charge < -0.3 is 20.5 Å². The van der Waals surface area contributed by atoms with Crippen LogP contribution >= 0.6 is 0 Å². The molecule has 0 radical (unpaired) electrons. The van der Waals surface area contributed by atoms with E-state index in [1.165, 1.54) is 0 Å². The first-order valence-electron chi connectivity index (χ1n) is 6.04. The van der Waals surface area contributed by atoms with Crippen LogP contribution in [0.5, 0.6) is 0 Å². The van der Waals surface area contributed by atoms with Crippen molar-refractivity contribution in [2.24, 2.45) is 0 Å². The number of esters is 1. The van der Waals surface area contributed by atoms with Crippen molar-refractivity contribution >= 4 is 23.8 Å². The van der Waals surface area contributed by atoms with Gasteiger partial charge in [0.1, 0.15) is 0 Å². The van der Waals surface area contributed by atoms with Crippen LogP contribution in [-0.2, 0) is 23.9 Å². The molecule has 0 unspecified atom stereocenters. The molecule has 0 heterocycles. The molecular weight excluding hydrogens is 268 g/mol. The average molecular weight is 286 g/mol. The number of hydrogen-bond acceptors (Lipinski definition) is 5. The molecule has 0 atom stereocenters. The van der Waals surface area contributed by atoms with Gasteiger partial charge in [0, 0.05) is 19.2 Å². The molecule has 8 nitrogen and oxygen atoms in total. The second-order valence-corrected chi connectivity index (χ2v) is 3.67. The highest BCUT2D eigenvalue weighted by atomic mass is 16.5. The van der Waals surface area contributed by atoms with Crippen LogP contribution in [0.25, 0.3) is 0 Å². The van der Waals surface area contributed by atoms with Crippen LogP contribution in [0, 0.1) is 0 Å². The monoisotopic (exact) mass is 286 g/mol. The molecule has 0 bridgehead atoms. The van der Waals surface area contributed by atoms with Crippen molar-refractivity contribution < 1.29 is 29.0 Å². The molecule has 0 aromatic heterocycles. The molecule has 20 heavy (non-hydrogen) atoms. The van der Waals surface area contributed by atoms with Crippen molar-refractivity contribution in [3.8, 4) is 0 Å². The number of carbonyl (C=O) groups is 4. The van der Waals surface area contributed by atoms with Gasteiger partial charge in [-0.25, -0.2) is 9.59 Å². The van der Waals surface area contributed by atoms with E-state index in [4.69, 9.17) is 5.11 Å². The van der Waals surface area contributed by atoms with Crippen LogP contribution in [-0.4, -0.2) is 48.6 Å². The van der Waals surface area contributed by atoms with Crippen molar-refractivity contribution in [3.63, 3.8) is 0 Å². The van der Waals surface area contributed by atoms with E-state index in [1.807, 2.05) is 0 Å². The molecule has 0 fully saturated rings. The Kier molecular flexibility index (Phi) is 8.40. The molecule has 0 saturated heterocycles. The number of carboxylic acid groups (broad SMARTS) is 1. The summed E-state index contributed by atoms with van der Waals surface area (Å²) in [5, 5.41) is 13.5. The van der Waals surface area contributed by atoms with E-state index in [0.29, 0.717) is 19.2 Å². The number of carboxylic acids is 1. The average Bonchev–Trinajstić information content (AvgIpc) is 2.35. The van der Waals surface area contributed by atoms with Gasteiger partial charge in [-0.15, -0.1) is 0 Å². The molecular formula is C12H18N2O6. The van der Waals surface area contributed by atoms with Crippen molar-refractivity contribution in [1.82, 2.24) is 10.6 Å². The van der Waals surface area contributed by atoms with E-state index in [-0.39, 0.29) is 5.57 Å². The van der Waals surface area contributed by atoms with E-state index in [1.54, 1.807) is 13.8 Å². The highest BCUT2D eigenvalue weighted by Crippen LogP contribution is 2.04. The maximum atomic E-state index is 11.6. The molecule has 0 aromatic rings. The molecule has 2 amide bonds. The van der Waals surface area contributed by atoms with Gasteiger partial charge >= 0.3 is 11.9 Å². The Bertz CT molecular complexity index is 416. The Morgan fingerprint density at radius 3 is 2.10 bits per heavy atom. The van der Waals surface area contributed by atoms with Gasteiger partial charge in [-0.3, -0.25) is 9.59 Å². The molecule has 0 saturated carbocycles. The third-order valence-corrected chi connectivity index (χ3v) is 1.99. The zero-order valence-corrected chi connectivity index (χ0v) is 11.4. The highest BCUT2D eigenvalue weighted by molar-refractivity contribution is 6.00. The summed E-state index contributed by atoms with van der Waals surface area (Å²) < 4.78 is 4.64. The normalized spacial score (nSPS) is 10.6. The number of rotatable bonds is 8. The Labute approximate surface area is 116 Å². The van der Waals surface area contributed by atoms with E-state index in [2.05, 4.69) is 15.4 Å². The summed E-state index contributed by atoms with van der Waals surface area (Å²) in [5.74, 6) is -3.40. The minimum absolute atomic E-state index is 0.326. The van der Waals surface area contributed by atoms with E-state index >= 15 is 0 Å². The first kappa shape index (κ1) is 17.6. The van der Waals surface area contributed by atoms with Crippen LogP contribution in [0.15, 0.2) is 11.6 Å². The molecule has 3 N–H and O–H groups in total. The summed E-state index contributed by atoms with van der Waals surface area (Å²) in [4.78, 5) is 44.7. The van der Waals surface area contributed by atoms with Crippen molar-refractivity contribution in [3.05, 3.63) is 11.6 Å². The standard InChI is InChI=1S/C12H18N2O6/c1-3-13-9(15)5-8(6-11(17)18)12(19)20-7-10(16)14-4-2/h6H,3-5,7H2,1-2H3,(H,13,15)(H,14,16)(H,17,18). The van der Waals surface area contributed by atoms with Gasteiger partial charge in [-0.1, -0.05) is 0 Å². The Morgan fingerprint density at radius 2 is 1.60 bits per heavy atom. The predicted molar refractivity (Wildman–Crippen MR) is 68.7 cm³/mol. The van der Waals surface area contributed by atoms with Crippen LogP contribution in [0.1, 0.15) is 20.3 Å². The summed E-state index contributed by atoms with van der Waals surface area (Å²) in [6, 6.07) is 0. The van der Waals surface area contributed by atoms with Gasteiger partial charge in [0.2, 0.25) is 5.91 Å². The molecule has 0 spiro atoms. The van der Waals surface area contributed by atoms with Crippen molar-refractivity contribution in [2.45, 2.75) is 20.3 Å². The fourth-order valence-corrected chi connectivity index (χ4v) is 1.24. The summed E-state index contributed by atoms with van der Waals surface area (Å²) in [5.41, 5.74) is -0.326. The number of nitrogens with one attached hydrogen (secondary N) is 2. The summed E-state index contributed by atoms with van der Waals surface area (Å²) >= 11 is 0. The van der Waals surface area contributed by atoms with Crippen LogP contribution in [0.2, 0.25) is 0 Å². The topological polar surface area (TPSA) is 122 Å². The summed E-state index contributed by atoms with van der Waals surface area (Å²) in [6.07, 6.45) is 0.170. The van der Waals surface area contributed by atoms with Crippen molar-refractivity contribution in [1.29, 1.82) is 0 Å². The minimum Gasteiger partial charge on any atom is -0.478 e. The highest BCUT2D eigenvalue weighted by Gasteiger charge is 2.17. The van der Waals surface area contributed by atoms with Gasteiger partial charge in [-0.05, 0) is 13.8 Å². The zero-order valence-electron chi connectivity index (χ0n) is 11.4. The Hall–Kier alpha value is -2.38. The van der Waals surface area contributed by atoms with Gasteiger partial charge in [0.05, 0.1) is 12.0 Å². The second kappa shape index (κ2) is 9.54. The SMILES string of the molecule is CCNC(=O)COC(=O)C(=CC(=O)O)CC(=O)NCC. The molecule has 0 aliphatic carbocycles. The lowest BCUT2D eigenvalue weighted by Crippen LogP contribution is -2.30. The second-order valence-electron chi connectivity index (χ2n) is 3.67. The number of amides is 2. The summed E-state index contributed by atoms with van der Waals surface area (Å²) in [7, 11) is 0. The van der Waals surface area contributed by atoms with Crippen molar-refractivity contribution in [2.75, 3.05) is 19.7 Å². The largest absolute Gasteiger partial charge is 0.478 e. The number of likely N-dealkylation sites (N-methyl/N-ethyl adjacent to an activating group) is 1. The van der Waals surface area contributed by atoms with Gasteiger partial charge in [0.25, 0.3) is 5.91 Å². The number of hydrogen-bond donors (Lipinski definition) is 3. The third-order valence-electron chi connectivity index (χ3n) is 1.99. The zero-order chi connectivity index (χ0) is 15.5. The van der Waals surface area contributed by atoms with Gasteiger partial charge in [-0.2, -0.15) is 0 Å². The lowest BCUT2D eigenvalue weighted by atomic mass is 10.1. The van der Waals surface area contributed by atoms with Crippen LogP contribution in [0.3, 0.4) is 0 Å². The Balaban J connectivity index is 4.62. The first-order valence-corrected chi connectivity index (χ1v) is 6.04. The molecule has 0 aliphatic rings. The lowest BCUT2D eigenvalue weighted by Gasteiger charge is -2.08. The Morgan fingerprint density at radius 1 is 1.05 bits per heavy atom. The molecule has 0 rings (SSSR count).